The van der Waals surface area contributed by atoms with Crippen LogP contribution in [0.3, 0.4) is 0 Å². The Kier molecular flexibility index (Phi) is 5.52. The summed E-state index contributed by atoms with van der Waals surface area (Å²) < 4.78 is 13.8. The smallest absolute Gasteiger partial charge is 0.124 e. The zero-order valence-corrected chi connectivity index (χ0v) is 11.3. The summed E-state index contributed by atoms with van der Waals surface area (Å²) in [4.78, 5) is 0. The van der Waals surface area contributed by atoms with E-state index in [4.69, 9.17) is 0 Å². The van der Waals surface area contributed by atoms with Gasteiger partial charge in [0, 0.05) is 11.0 Å². The van der Waals surface area contributed by atoms with Crippen molar-refractivity contribution in [2.75, 3.05) is 13.2 Å². The summed E-state index contributed by atoms with van der Waals surface area (Å²) in [5.41, 5.74) is 0.0512. The average Bonchev–Trinajstić information content (AvgIpc) is 2.30. The second-order valence-corrected chi connectivity index (χ2v) is 5.00. The molecule has 5 heteroatoms. The number of aliphatic hydroxyl groups excluding tert-OH is 2. The van der Waals surface area contributed by atoms with Crippen LogP contribution in [-0.4, -0.2) is 29.0 Å². The second-order valence-electron chi connectivity index (χ2n) is 4.08. The highest BCUT2D eigenvalue weighted by atomic mass is 79.9. The van der Waals surface area contributed by atoms with E-state index in [-0.39, 0.29) is 19.0 Å². The zero-order chi connectivity index (χ0) is 12.9. The van der Waals surface area contributed by atoms with Crippen molar-refractivity contribution >= 4 is 15.9 Å². The Morgan fingerprint density at radius 2 is 1.94 bits per heavy atom. The van der Waals surface area contributed by atoms with Crippen molar-refractivity contribution in [1.29, 1.82) is 0 Å². The fraction of sp³-hybridized carbons (Fsp3) is 0.500. The van der Waals surface area contributed by atoms with Crippen LogP contribution in [0.1, 0.15) is 18.9 Å². The molecule has 0 atom stereocenters. The molecule has 0 saturated heterocycles. The summed E-state index contributed by atoms with van der Waals surface area (Å²) in [7, 11) is 0. The van der Waals surface area contributed by atoms with Crippen LogP contribution in [0.5, 0.6) is 0 Å². The number of aliphatic hydroxyl groups is 2. The van der Waals surface area contributed by atoms with Gasteiger partial charge in [0.15, 0.2) is 0 Å². The molecule has 1 aromatic rings. The van der Waals surface area contributed by atoms with Gasteiger partial charge in [-0.15, -0.1) is 0 Å². The minimum atomic E-state index is -0.710. The second kappa shape index (κ2) is 6.44. The monoisotopic (exact) mass is 305 g/mol. The number of hydrogen-bond acceptors (Lipinski definition) is 3. The minimum absolute atomic E-state index is 0.156. The minimum Gasteiger partial charge on any atom is -0.394 e. The van der Waals surface area contributed by atoms with Crippen molar-refractivity contribution in [3.63, 3.8) is 0 Å². The SMILES string of the molecule is CCC(CO)(CO)NCc1cc(F)cc(Br)c1. The maximum absolute atomic E-state index is 13.1. The van der Waals surface area contributed by atoms with Gasteiger partial charge in [-0.1, -0.05) is 22.9 Å². The van der Waals surface area contributed by atoms with Gasteiger partial charge >= 0.3 is 0 Å². The Hall–Kier alpha value is -0.490. The van der Waals surface area contributed by atoms with Crippen molar-refractivity contribution in [2.24, 2.45) is 0 Å². The first-order valence-electron chi connectivity index (χ1n) is 5.47. The third kappa shape index (κ3) is 4.03. The molecule has 0 unspecified atom stereocenters. The van der Waals surface area contributed by atoms with Crippen molar-refractivity contribution < 1.29 is 14.6 Å². The molecule has 0 aliphatic rings. The molecule has 0 aliphatic carbocycles. The lowest BCUT2D eigenvalue weighted by Crippen LogP contribution is -2.50. The molecular formula is C12H17BrFNO2. The molecule has 17 heavy (non-hydrogen) atoms. The van der Waals surface area contributed by atoms with Crippen LogP contribution in [0.25, 0.3) is 0 Å². The van der Waals surface area contributed by atoms with Gasteiger partial charge in [-0.2, -0.15) is 0 Å². The first kappa shape index (κ1) is 14.6. The first-order chi connectivity index (χ1) is 8.05. The van der Waals surface area contributed by atoms with Crippen LogP contribution < -0.4 is 5.32 Å². The molecule has 0 bridgehead atoms. The quantitative estimate of drug-likeness (QED) is 0.751. The van der Waals surface area contributed by atoms with Crippen molar-refractivity contribution in [1.82, 2.24) is 5.32 Å². The van der Waals surface area contributed by atoms with Gasteiger partial charge in [-0.3, -0.25) is 0 Å². The third-order valence-electron chi connectivity index (χ3n) is 2.87. The van der Waals surface area contributed by atoms with Crippen molar-refractivity contribution in [2.45, 2.75) is 25.4 Å². The molecule has 0 heterocycles. The normalized spacial score (nSPS) is 11.8. The molecule has 96 valence electrons. The summed E-state index contributed by atoms with van der Waals surface area (Å²) in [6.07, 6.45) is 0.594. The Bertz CT molecular complexity index is 341. The van der Waals surface area contributed by atoms with Crippen LogP contribution in [0.2, 0.25) is 0 Å². The maximum Gasteiger partial charge on any atom is 0.124 e. The molecule has 0 saturated carbocycles. The van der Waals surface area contributed by atoms with Crippen LogP contribution >= 0.6 is 15.9 Å². The van der Waals surface area contributed by atoms with Crippen molar-refractivity contribution in [3.05, 3.63) is 34.1 Å². The lowest BCUT2D eigenvalue weighted by molar-refractivity contribution is 0.0864. The fourth-order valence-electron chi connectivity index (χ4n) is 1.51. The van der Waals surface area contributed by atoms with Gasteiger partial charge in [-0.25, -0.2) is 4.39 Å². The van der Waals surface area contributed by atoms with E-state index in [0.29, 0.717) is 17.4 Å². The predicted molar refractivity (Wildman–Crippen MR) is 68.1 cm³/mol. The molecule has 0 amide bonds. The molecule has 0 spiro atoms. The molecular weight excluding hydrogens is 289 g/mol. The van der Waals surface area contributed by atoms with Crippen LogP contribution in [0.4, 0.5) is 4.39 Å². The predicted octanol–water partition coefficient (Wildman–Crippen LogP) is 1.81. The van der Waals surface area contributed by atoms with E-state index in [1.54, 1.807) is 6.07 Å². The van der Waals surface area contributed by atoms with Crippen LogP contribution in [0, 0.1) is 5.82 Å². The number of benzene rings is 1. The Balaban J connectivity index is 2.71. The van der Waals surface area contributed by atoms with E-state index in [1.165, 1.54) is 12.1 Å². The summed E-state index contributed by atoms with van der Waals surface area (Å²) in [5.74, 6) is -0.314. The molecule has 0 radical (unpaired) electrons. The average molecular weight is 306 g/mol. The van der Waals surface area contributed by atoms with Crippen LogP contribution in [0.15, 0.2) is 22.7 Å². The Morgan fingerprint density at radius 1 is 1.29 bits per heavy atom. The van der Waals surface area contributed by atoms with Gasteiger partial charge in [0.05, 0.1) is 18.8 Å². The largest absolute Gasteiger partial charge is 0.394 e. The third-order valence-corrected chi connectivity index (χ3v) is 3.33. The van der Waals surface area contributed by atoms with Gasteiger partial charge in [-0.05, 0) is 30.2 Å². The van der Waals surface area contributed by atoms with Gasteiger partial charge in [0.1, 0.15) is 5.82 Å². The van der Waals surface area contributed by atoms with Gasteiger partial charge in [0.2, 0.25) is 0 Å². The summed E-state index contributed by atoms with van der Waals surface area (Å²) >= 11 is 3.22. The lowest BCUT2D eigenvalue weighted by Gasteiger charge is -2.30. The maximum atomic E-state index is 13.1. The fourth-order valence-corrected chi connectivity index (χ4v) is 2.03. The van der Waals surface area contributed by atoms with Gasteiger partial charge < -0.3 is 15.5 Å². The van der Waals surface area contributed by atoms with E-state index in [9.17, 15) is 14.6 Å². The molecule has 3 N–H and O–H groups in total. The van der Waals surface area contributed by atoms with E-state index in [2.05, 4.69) is 21.2 Å². The number of nitrogens with one attached hydrogen (secondary N) is 1. The Morgan fingerprint density at radius 3 is 2.41 bits per heavy atom. The standard InChI is InChI=1S/C12H17BrFNO2/c1-2-12(7-16,8-17)15-6-9-3-10(13)5-11(14)4-9/h3-5,15-17H,2,6-8H2,1H3. The molecule has 0 aliphatic heterocycles. The zero-order valence-electron chi connectivity index (χ0n) is 9.71. The van der Waals surface area contributed by atoms with E-state index in [1.807, 2.05) is 6.92 Å². The molecule has 1 rings (SSSR count). The number of halogens is 2. The van der Waals surface area contributed by atoms with E-state index >= 15 is 0 Å². The van der Waals surface area contributed by atoms with Crippen LogP contribution in [-0.2, 0) is 6.54 Å². The highest BCUT2D eigenvalue weighted by molar-refractivity contribution is 9.10. The van der Waals surface area contributed by atoms with Crippen molar-refractivity contribution in [3.8, 4) is 0 Å². The van der Waals surface area contributed by atoms with Gasteiger partial charge in [0.25, 0.3) is 0 Å². The molecule has 3 nitrogen and oxygen atoms in total. The first-order valence-corrected chi connectivity index (χ1v) is 6.26. The molecule has 1 aromatic carbocycles. The Labute approximate surface area is 109 Å². The summed E-state index contributed by atoms with van der Waals surface area (Å²) in [6, 6.07) is 4.60. The highest BCUT2D eigenvalue weighted by Gasteiger charge is 2.25. The molecule has 0 aromatic heterocycles. The topological polar surface area (TPSA) is 52.5 Å². The van der Waals surface area contributed by atoms with E-state index < -0.39 is 5.54 Å². The summed E-state index contributed by atoms with van der Waals surface area (Å²) in [5, 5.41) is 21.6. The number of rotatable bonds is 6. The summed E-state index contributed by atoms with van der Waals surface area (Å²) in [6.45, 7) is 1.96. The van der Waals surface area contributed by atoms with E-state index in [0.717, 1.165) is 5.56 Å². The lowest BCUT2D eigenvalue weighted by atomic mass is 9.98. The number of hydrogen-bond donors (Lipinski definition) is 3. The highest BCUT2D eigenvalue weighted by Crippen LogP contribution is 2.16. The molecule has 0 fully saturated rings.